The molecule has 0 spiro atoms. The van der Waals surface area contributed by atoms with Gasteiger partial charge in [-0.15, -0.1) is 10.2 Å². The van der Waals surface area contributed by atoms with E-state index in [4.69, 9.17) is 0 Å². The van der Waals surface area contributed by atoms with Crippen molar-refractivity contribution in [2.45, 2.75) is 11.3 Å². The van der Waals surface area contributed by atoms with Crippen LogP contribution in [0.3, 0.4) is 0 Å². The lowest BCUT2D eigenvalue weighted by atomic mass is 10.1. The van der Waals surface area contributed by atoms with Gasteiger partial charge >= 0.3 is 0 Å². The summed E-state index contributed by atoms with van der Waals surface area (Å²) in [4.78, 5) is 16.3. The number of aromatic nitrogens is 3. The highest BCUT2D eigenvalue weighted by molar-refractivity contribution is 8.01. The van der Waals surface area contributed by atoms with Crippen LogP contribution in [0.15, 0.2) is 40.9 Å². The average Bonchev–Trinajstić information content (AvgIpc) is 2.96. The van der Waals surface area contributed by atoms with Gasteiger partial charge in [0.2, 0.25) is 0 Å². The van der Waals surface area contributed by atoms with Crippen molar-refractivity contribution < 1.29 is 4.79 Å². The number of carbonyl (C=O) groups excluding carboxylic acids is 1. The Bertz CT molecular complexity index is 803. The maximum atomic E-state index is 12.1. The monoisotopic (exact) mass is 330 g/mol. The molecule has 0 aliphatic heterocycles. The Labute approximate surface area is 136 Å². The number of aryl methyl sites for hydroxylation is 1. The highest BCUT2D eigenvalue weighted by Gasteiger charge is 2.08. The molecule has 0 atom stereocenters. The number of amides is 1. The summed E-state index contributed by atoms with van der Waals surface area (Å²) in [6.45, 7) is 2.49. The molecule has 0 aliphatic carbocycles. The maximum absolute atomic E-state index is 12.1. The standard InChI is InChI=1S/C15H14N4OS2/c1-10-18-19-15(22-10)21-7-6-16-14(20)13-8-11-4-2-3-5-12(11)9-17-13/h2-5,8-9H,6-7H2,1H3,(H,16,20). The molecule has 2 aromatic heterocycles. The normalized spacial score (nSPS) is 10.8. The summed E-state index contributed by atoms with van der Waals surface area (Å²) in [6.07, 6.45) is 1.73. The summed E-state index contributed by atoms with van der Waals surface area (Å²) < 4.78 is 0.926. The molecule has 22 heavy (non-hydrogen) atoms. The quantitative estimate of drug-likeness (QED) is 0.575. The summed E-state index contributed by atoms with van der Waals surface area (Å²) >= 11 is 3.15. The number of rotatable bonds is 5. The van der Waals surface area contributed by atoms with Crippen molar-refractivity contribution in [3.05, 3.63) is 47.2 Å². The first kappa shape index (κ1) is 14.9. The fourth-order valence-electron chi connectivity index (χ4n) is 1.94. The Morgan fingerprint density at radius 3 is 2.86 bits per heavy atom. The zero-order valence-electron chi connectivity index (χ0n) is 11.9. The van der Waals surface area contributed by atoms with Crippen LogP contribution in [0.25, 0.3) is 10.8 Å². The molecule has 2 heterocycles. The number of hydrogen-bond donors (Lipinski definition) is 1. The van der Waals surface area contributed by atoms with Crippen molar-refractivity contribution in [2.24, 2.45) is 0 Å². The molecular formula is C15H14N4OS2. The van der Waals surface area contributed by atoms with Crippen LogP contribution in [0.2, 0.25) is 0 Å². The summed E-state index contributed by atoms with van der Waals surface area (Å²) in [7, 11) is 0. The molecule has 0 bridgehead atoms. The number of carbonyl (C=O) groups is 1. The second-order valence-electron chi connectivity index (χ2n) is 4.61. The van der Waals surface area contributed by atoms with Crippen molar-refractivity contribution in [1.82, 2.24) is 20.5 Å². The number of pyridine rings is 1. The van der Waals surface area contributed by atoms with Gasteiger partial charge in [0, 0.05) is 23.9 Å². The Morgan fingerprint density at radius 2 is 2.09 bits per heavy atom. The third kappa shape index (κ3) is 3.61. The Kier molecular flexibility index (Phi) is 4.65. The number of nitrogens with zero attached hydrogens (tertiary/aromatic N) is 3. The van der Waals surface area contributed by atoms with Crippen LogP contribution >= 0.6 is 23.1 Å². The van der Waals surface area contributed by atoms with Gasteiger partial charge < -0.3 is 5.32 Å². The number of hydrogen-bond acceptors (Lipinski definition) is 6. The molecule has 0 saturated carbocycles. The minimum atomic E-state index is -0.153. The van der Waals surface area contributed by atoms with Crippen LogP contribution < -0.4 is 5.32 Å². The molecule has 1 aromatic carbocycles. The average molecular weight is 330 g/mol. The summed E-state index contributed by atoms with van der Waals surface area (Å²) in [6, 6.07) is 9.67. The Morgan fingerprint density at radius 1 is 1.27 bits per heavy atom. The molecule has 0 saturated heterocycles. The van der Waals surface area contributed by atoms with Gasteiger partial charge in [0.15, 0.2) is 4.34 Å². The second-order valence-corrected chi connectivity index (χ2v) is 7.13. The largest absolute Gasteiger partial charge is 0.350 e. The predicted octanol–water partition coefficient (Wildman–Crippen LogP) is 2.92. The molecule has 0 aliphatic rings. The fourth-order valence-corrected chi connectivity index (χ4v) is 3.68. The predicted molar refractivity (Wildman–Crippen MR) is 89.4 cm³/mol. The number of fused-ring (bicyclic) bond motifs is 1. The van der Waals surface area contributed by atoms with Crippen molar-refractivity contribution in [3.63, 3.8) is 0 Å². The van der Waals surface area contributed by atoms with Gasteiger partial charge in [-0.2, -0.15) is 0 Å². The molecule has 7 heteroatoms. The third-order valence-corrected chi connectivity index (χ3v) is 4.96. The lowest BCUT2D eigenvalue weighted by Gasteiger charge is -2.04. The smallest absolute Gasteiger partial charge is 0.269 e. The van der Waals surface area contributed by atoms with E-state index in [0.29, 0.717) is 12.2 Å². The summed E-state index contributed by atoms with van der Waals surface area (Å²) in [5, 5.41) is 13.9. The molecular weight excluding hydrogens is 316 g/mol. The molecule has 1 amide bonds. The first-order chi connectivity index (χ1) is 10.7. The van der Waals surface area contributed by atoms with Crippen LogP contribution in [0.1, 0.15) is 15.5 Å². The maximum Gasteiger partial charge on any atom is 0.269 e. The van der Waals surface area contributed by atoms with Crippen molar-refractivity contribution >= 4 is 39.8 Å². The van der Waals surface area contributed by atoms with Crippen LogP contribution in [0.4, 0.5) is 0 Å². The van der Waals surface area contributed by atoms with Crippen molar-refractivity contribution in [1.29, 1.82) is 0 Å². The number of thioether (sulfide) groups is 1. The van der Waals surface area contributed by atoms with Crippen molar-refractivity contribution in [2.75, 3.05) is 12.3 Å². The summed E-state index contributed by atoms with van der Waals surface area (Å²) in [5.41, 5.74) is 0.440. The topological polar surface area (TPSA) is 67.8 Å². The number of benzene rings is 1. The van der Waals surface area contributed by atoms with Gasteiger partial charge in [-0.3, -0.25) is 9.78 Å². The van der Waals surface area contributed by atoms with Crippen LogP contribution in [0, 0.1) is 6.92 Å². The SMILES string of the molecule is Cc1nnc(SCCNC(=O)c2cc3ccccc3cn2)s1. The van der Waals surface area contributed by atoms with E-state index in [-0.39, 0.29) is 5.91 Å². The van der Waals surface area contributed by atoms with E-state index < -0.39 is 0 Å². The number of nitrogens with one attached hydrogen (secondary N) is 1. The first-order valence-electron chi connectivity index (χ1n) is 6.78. The molecule has 0 fully saturated rings. The van der Waals surface area contributed by atoms with Gasteiger partial charge in [0.1, 0.15) is 10.7 Å². The fraction of sp³-hybridized carbons (Fsp3) is 0.200. The first-order valence-corrected chi connectivity index (χ1v) is 8.58. The molecule has 3 rings (SSSR count). The zero-order valence-corrected chi connectivity index (χ0v) is 13.6. The van der Waals surface area contributed by atoms with E-state index in [1.54, 1.807) is 29.3 Å². The minimum Gasteiger partial charge on any atom is -0.350 e. The van der Waals surface area contributed by atoms with Gasteiger partial charge in [-0.1, -0.05) is 47.4 Å². The molecule has 5 nitrogen and oxygen atoms in total. The van der Waals surface area contributed by atoms with E-state index in [1.807, 2.05) is 37.3 Å². The van der Waals surface area contributed by atoms with Gasteiger partial charge in [0.05, 0.1) is 0 Å². The molecule has 0 radical (unpaired) electrons. The third-order valence-electron chi connectivity index (χ3n) is 2.98. The van der Waals surface area contributed by atoms with E-state index in [2.05, 4.69) is 20.5 Å². The highest BCUT2D eigenvalue weighted by atomic mass is 32.2. The van der Waals surface area contributed by atoms with Gasteiger partial charge in [-0.25, -0.2) is 0 Å². The van der Waals surface area contributed by atoms with E-state index in [1.165, 1.54) is 0 Å². The van der Waals surface area contributed by atoms with Gasteiger partial charge in [0.25, 0.3) is 5.91 Å². The van der Waals surface area contributed by atoms with E-state index >= 15 is 0 Å². The van der Waals surface area contributed by atoms with E-state index in [9.17, 15) is 4.79 Å². The Balaban J connectivity index is 1.54. The molecule has 0 unspecified atom stereocenters. The summed E-state index contributed by atoms with van der Waals surface area (Å²) in [5.74, 6) is 0.605. The molecule has 3 aromatic rings. The lowest BCUT2D eigenvalue weighted by Crippen LogP contribution is -2.26. The second kappa shape index (κ2) is 6.85. The van der Waals surface area contributed by atoms with Crippen LogP contribution in [-0.4, -0.2) is 33.4 Å². The lowest BCUT2D eigenvalue weighted by molar-refractivity contribution is 0.0951. The minimum absolute atomic E-state index is 0.153. The van der Waals surface area contributed by atoms with E-state index in [0.717, 1.165) is 25.9 Å². The molecule has 112 valence electrons. The van der Waals surface area contributed by atoms with Crippen LogP contribution in [0.5, 0.6) is 0 Å². The van der Waals surface area contributed by atoms with Crippen LogP contribution in [-0.2, 0) is 0 Å². The zero-order chi connectivity index (χ0) is 15.4. The Hall–Kier alpha value is -1.99. The van der Waals surface area contributed by atoms with Crippen molar-refractivity contribution in [3.8, 4) is 0 Å². The van der Waals surface area contributed by atoms with Gasteiger partial charge in [-0.05, 0) is 18.4 Å². The molecule has 1 N–H and O–H groups in total. The highest BCUT2D eigenvalue weighted by Crippen LogP contribution is 2.21.